The van der Waals surface area contributed by atoms with Crippen molar-refractivity contribution in [3.63, 3.8) is 0 Å². The molecule has 3 aromatic carbocycles. The molecule has 1 fully saturated rings. The second-order valence-electron chi connectivity index (χ2n) is 8.99. The van der Waals surface area contributed by atoms with Crippen molar-refractivity contribution in [2.45, 2.75) is 32.2 Å². The van der Waals surface area contributed by atoms with E-state index in [9.17, 15) is 14.0 Å². The van der Waals surface area contributed by atoms with Crippen molar-refractivity contribution < 1.29 is 14.0 Å². The third-order valence-electron chi connectivity index (χ3n) is 6.67. The zero-order valence-corrected chi connectivity index (χ0v) is 19.1. The first-order valence-corrected chi connectivity index (χ1v) is 11.9. The molecule has 5 rings (SSSR count). The summed E-state index contributed by atoms with van der Waals surface area (Å²) in [6.45, 7) is 3.37. The molecule has 0 aliphatic carbocycles. The zero-order chi connectivity index (χ0) is 23.5. The highest BCUT2D eigenvalue weighted by molar-refractivity contribution is 6.05. The number of carbonyl (C=O) groups is 2. The predicted octanol–water partition coefficient (Wildman–Crippen LogP) is 5.27. The first kappa shape index (κ1) is 22.1. The van der Waals surface area contributed by atoms with Crippen LogP contribution in [0.4, 0.5) is 15.8 Å². The fourth-order valence-electron chi connectivity index (χ4n) is 4.85. The van der Waals surface area contributed by atoms with Crippen LogP contribution in [0.3, 0.4) is 0 Å². The van der Waals surface area contributed by atoms with Gasteiger partial charge in [0.1, 0.15) is 5.82 Å². The molecule has 0 aromatic heterocycles. The molecule has 2 aliphatic rings. The molecule has 2 amide bonds. The quantitative estimate of drug-likeness (QED) is 0.568. The van der Waals surface area contributed by atoms with Gasteiger partial charge in [-0.15, -0.1) is 0 Å². The van der Waals surface area contributed by atoms with E-state index in [1.807, 2.05) is 41.3 Å². The lowest BCUT2D eigenvalue weighted by atomic mass is 9.98. The maximum absolute atomic E-state index is 13.2. The predicted molar refractivity (Wildman–Crippen MR) is 132 cm³/mol. The SMILES string of the molecule is O=C(Nc1cccc2c1CCCN2Cc1ccc(C(=O)N2CCCC2)cc1)c1ccc(F)cc1. The molecule has 3 aromatic rings. The van der Waals surface area contributed by atoms with Gasteiger partial charge in [0.25, 0.3) is 11.8 Å². The van der Waals surface area contributed by atoms with E-state index >= 15 is 0 Å². The van der Waals surface area contributed by atoms with E-state index in [-0.39, 0.29) is 17.6 Å². The van der Waals surface area contributed by atoms with E-state index in [0.717, 1.165) is 79.9 Å². The van der Waals surface area contributed by atoms with Crippen LogP contribution in [-0.2, 0) is 13.0 Å². The minimum atomic E-state index is -0.363. The number of nitrogens with zero attached hydrogens (tertiary/aromatic N) is 2. The number of benzene rings is 3. The van der Waals surface area contributed by atoms with Crippen LogP contribution in [0.2, 0.25) is 0 Å². The van der Waals surface area contributed by atoms with Crippen LogP contribution < -0.4 is 10.2 Å². The molecule has 0 spiro atoms. The van der Waals surface area contributed by atoms with Gasteiger partial charge in [0.15, 0.2) is 0 Å². The second kappa shape index (κ2) is 9.67. The molecule has 6 heteroatoms. The highest BCUT2D eigenvalue weighted by Crippen LogP contribution is 2.34. The number of amides is 2. The van der Waals surface area contributed by atoms with Crippen LogP contribution >= 0.6 is 0 Å². The fraction of sp³-hybridized carbons (Fsp3) is 0.286. The van der Waals surface area contributed by atoms with Crippen molar-refractivity contribution in [3.8, 4) is 0 Å². The summed E-state index contributed by atoms with van der Waals surface area (Å²) >= 11 is 0. The first-order chi connectivity index (χ1) is 16.6. The smallest absolute Gasteiger partial charge is 0.255 e. The molecule has 1 N–H and O–H groups in total. The number of hydrogen-bond donors (Lipinski definition) is 1. The zero-order valence-electron chi connectivity index (χ0n) is 19.1. The summed E-state index contributed by atoms with van der Waals surface area (Å²) in [5, 5.41) is 3.01. The van der Waals surface area contributed by atoms with Crippen molar-refractivity contribution in [1.82, 2.24) is 4.90 Å². The number of likely N-dealkylation sites (tertiary alicyclic amines) is 1. The summed E-state index contributed by atoms with van der Waals surface area (Å²) in [6, 6.07) is 19.5. The summed E-state index contributed by atoms with van der Waals surface area (Å²) < 4.78 is 13.2. The van der Waals surface area contributed by atoms with Crippen molar-refractivity contribution in [2.75, 3.05) is 29.9 Å². The average molecular weight is 458 g/mol. The molecule has 0 unspecified atom stereocenters. The lowest BCUT2D eigenvalue weighted by molar-refractivity contribution is 0.0792. The molecular formula is C28H28FN3O2. The second-order valence-corrected chi connectivity index (χ2v) is 8.99. The average Bonchev–Trinajstić information content (AvgIpc) is 3.40. The number of carbonyl (C=O) groups excluding carboxylic acids is 2. The number of rotatable bonds is 5. The van der Waals surface area contributed by atoms with E-state index in [0.29, 0.717) is 5.56 Å². The van der Waals surface area contributed by atoms with E-state index in [2.05, 4.69) is 16.3 Å². The van der Waals surface area contributed by atoms with Gasteiger partial charge in [-0.3, -0.25) is 9.59 Å². The standard InChI is InChI=1S/C28H28FN3O2/c29-23-14-12-21(13-15-23)27(33)30-25-6-3-7-26-24(25)5-4-18-32(26)19-20-8-10-22(11-9-20)28(34)31-16-1-2-17-31/h3,6-15H,1-2,4-5,16-19H2,(H,30,33). The van der Waals surface area contributed by atoms with Gasteiger partial charge < -0.3 is 15.1 Å². The normalized spacial score (nSPS) is 15.2. The van der Waals surface area contributed by atoms with Crippen LogP contribution in [0.5, 0.6) is 0 Å². The summed E-state index contributed by atoms with van der Waals surface area (Å²) in [5.41, 5.74) is 5.34. The summed E-state index contributed by atoms with van der Waals surface area (Å²) in [4.78, 5) is 29.6. The molecular weight excluding hydrogens is 429 g/mol. The Kier molecular flexibility index (Phi) is 6.30. The van der Waals surface area contributed by atoms with Gasteiger partial charge in [-0.1, -0.05) is 18.2 Å². The van der Waals surface area contributed by atoms with Gasteiger partial charge in [0.2, 0.25) is 0 Å². The third-order valence-corrected chi connectivity index (χ3v) is 6.67. The largest absolute Gasteiger partial charge is 0.367 e. The molecule has 5 nitrogen and oxygen atoms in total. The minimum absolute atomic E-state index is 0.119. The van der Waals surface area contributed by atoms with Gasteiger partial charge in [0, 0.05) is 48.7 Å². The topological polar surface area (TPSA) is 52.7 Å². The maximum atomic E-state index is 13.2. The van der Waals surface area contributed by atoms with Gasteiger partial charge in [0.05, 0.1) is 0 Å². The monoisotopic (exact) mass is 457 g/mol. The van der Waals surface area contributed by atoms with E-state index in [4.69, 9.17) is 0 Å². The Labute approximate surface area is 199 Å². The summed E-state index contributed by atoms with van der Waals surface area (Å²) in [6.07, 6.45) is 4.05. The Morgan fingerprint density at radius 3 is 2.26 bits per heavy atom. The lowest BCUT2D eigenvalue weighted by Crippen LogP contribution is -2.30. The third kappa shape index (κ3) is 4.67. The number of anilines is 2. The highest BCUT2D eigenvalue weighted by Gasteiger charge is 2.22. The molecule has 0 atom stereocenters. The Bertz CT molecular complexity index is 1190. The van der Waals surface area contributed by atoms with E-state index < -0.39 is 0 Å². The molecule has 2 aliphatic heterocycles. The molecule has 0 bridgehead atoms. The van der Waals surface area contributed by atoms with E-state index in [1.54, 1.807) is 0 Å². The highest BCUT2D eigenvalue weighted by atomic mass is 19.1. The van der Waals surface area contributed by atoms with Gasteiger partial charge in [-0.05, 0) is 85.3 Å². The van der Waals surface area contributed by atoms with Crippen molar-refractivity contribution in [2.24, 2.45) is 0 Å². The van der Waals surface area contributed by atoms with Crippen LogP contribution in [0.1, 0.15) is 51.1 Å². The number of fused-ring (bicyclic) bond motifs is 1. The molecule has 1 saturated heterocycles. The van der Waals surface area contributed by atoms with Crippen LogP contribution in [-0.4, -0.2) is 36.3 Å². The van der Waals surface area contributed by atoms with Gasteiger partial charge >= 0.3 is 0 Å². The lowest BCUT2D eigenvalue weighted by Gasteiger charge is -2.32. The summed E-state index contributed by atoms with van der Waals surface area (Å²) in [7, 11) is 0. The number of halogens is 1. The van der Waals surface area contributed by atoms with Crippen LogP contribution in [0, 0.1) is 5.82 Å². The van der Waals surface area contributed by atoms with Crippen LogP contribution in [0.25, 0.3) is 0 Å². The minimum Gasteiger partial charge on any atom is -0.367 e. The van der Waals surface area contributed by atoms with Crippen LogP contribution in [0.15, 0.2) is 66.7 Å². The fourth-order valence-corrected chi connectivity index (χ4v) is 4.85. The molecule has 0 saturated carbocycles. The Morgan fingerprint density at radius 1 is 0.824 bits per heavy atom. The number of hydrogen-bond acceptors (Lipinski definition) is 3. The molecule has 174 valence electrons. The molecule has 34 heavy (non-hydrogen) atoms. The van der Waals surface area contributed by atoms with Crippen molar-refractivity contribution in [3.05, 3.63) is 94.8 Å². The van der Waals surface area contributed by atoms with Gasteiger partial charge in [-0.25, -0.2) is 4.39 Å². The Morgan fingerprint density at radius 2 is 1.53 bits per heavy atom. The maximum Gasteiger partial charge on any atom is 0.255 e. The first-order valence-electron chi connectivity index (χ1n) is 11.9. The summed E-state index contributed by atoms with van der Waals surface area (Å²) in [5.74, 6) is -0.490. The number of nitrogens with one attached hydrogen (secondary N) is 1. The van der Waals surface area contributed by atoms with E-state index in [1.165, 1.54) is 24.3 Å². The molecule has 2 heterocycles. The Balaban J connectivity index is 1.30. The van der Waals surface area contributed by atoms with Crippen molar-refractivity contribution >= 4 is 23.2 Å². The van der Waals surface area contributed by atoms with Gasteiger partial charge in [-0.2, -0.15) is 0 Å². The van der Waals surface area contributed by atoms with Crippen molar-refractivity contribution in [1.29, 1.82) is 0 Å². The molecule has 0 radical (unpaired) electrons. The Hall–Kier alpha value is -3.67.